The first-order valence-electron chi connectivity index (χ1n) is 5.83. The van der Waals surface area contributed by atoms with E-state index in [0.717, 1.165) is 12.2 Å². The van der Waals surface area contributed by atoms with Gasteiger partial charge in [-0.3, -0.25) is 9.78 Å². The number of amides is 1. The van der Waals surface area contributed by atoms with Crippen LogP contribution in [0.15, 0.2) is 18.5 Å². The zero-order valence-electron chi connectivity index (χ0n) is 10.3. The van der Waals surface area contributed by atoms with Gasteiger partial charge in [-0.25, -0.2) is 0 Å². The Labute approximate surface area is 102 Å². The highest BCUT2D eigenvalue weighted by atomic mass is 16.5. The molecule has 0 aliphatic carbocycles. The number of aromatic nitrogens is 1. The first-order valence-corrected chi connectivity index (χ1v) is 5.83. The van der Waals surface area contributed by atoms with E-state index in [2.05, 4.69) is 15.6 Å². The van der Waals surface area contributed by atoms with E-state index >= 15 is 0 Å². The number of rotatable bonds is 7. The Kier molecular flexibility index (Phi) is 6.03. The topological polar surface area (TPSA) is 63.2 Å². The molecule has 1 heterocycles. The van der Waals surface area contributed by atoms with Crippen LogP contribution in [0.2, 0.25) is 0 Å². The van der Waals surface area contributed by atoms with Crippen molar-refractivity contribution in [3.63, 3.8) is 0 Å². The van der Waals surface area contributed by atoms with Crippen molar-refractivity contribution in [2.24, 2.45) is 0 Å². The van der Waals surface area contributed by atoms with Gasteiger partial charge in [-0.2, -0.15) is 0 Å². The summed E-state index contributed by atoms with van der Waals surface area (Å²) in [4.78, 5) is 15.8. The van der Waals surface area contributed by atoms with Gasteiger partial charge in [-0.1, -0.05) is 0 Å². The predicted molar refractivity (Wildman–Crippen MR) is 67.2 cm³/mol. The summed E-state index contributed by atoms with van der Waals surface area (Å²) in [6, 6.07) is 1.79. The number of nitrogens with zero attached hydrogens (tertiary/aromatic N) is 1. The number of hydrogen-bond donors (Lipinski definition) is 2. The van der Waals surface area contributed by atoms with Crippen LogP contribution < -0.4 is 10.6 Å². The summed E-state index contributed by atoms with van der Waals surface area (Å²) in [5.41, 5.74) is 1.36. The van der Waals surface area contributed by atoms with Crippen LogP contribution in [0.1, 0.15) is 24.2 Å². The molecule has 5 heteroatoms. The number of pyridine rings is 1. The maximum absolute atomic E-state index is 11.9. The van der Waals surface area contributed by atoms with Gasteiger partial charge in [-0.05, 0) is 19.9 Å². The minimum absolute atomic E-state index is 0.131. The highest BCUT2D eigenvalue weighted by Gasteiger charge is 2.09. The van der Waals surface area contributed by atoms with E-state index in [4.69, 9.17) is 4.74 Å². The minimum Gasteiger partial charge on any atom is -0.385 e. The molecular weight excluding hydrogens is 218 g/mol. The molecule has 0 atom stereocenters. The van der Waals surface area contributed by atoms with Gasteiger partial charge >= 0.3 is 0 Å². The molecule has 1 rings (SSSR count). The van der Waals surface area contributed by atoms with Gasteiger partial charge in [0.2, 0.25) is 0 Å². The molecule has 0 aliphatic heterocycles. The molecule has 1 aromatic heterocycles. The first-order chi connectivity index (χ1) is 8.29. The van der Waals surface area contributed by atoms with Crippen molar-refractivity contribution < 1.29 is 9.53 Å². The van der Waals surface area contributed by atoms with Gasteiger partial charge in [0, 0.05) is 32.1 Å². The number of carbonyl (C=O) groups is 1. The Balaban J connectivity index is 2.55. The molecule has 0 radical (unpaired) electrons. The molecule has 1 amide bonds. The van der Waals surface area contributed by atoms with Crippen LogP contribution >= 0.6 is 0 Å². The van der Waals surface area contributed by atoms with Gasteiger partial charge in [0.05, 0.1) is 17.9 Å². The highest BCUT2D eigenvalue weighted by molar-refractivity contribution is 5.99. The molecule has 0 unspecified atom stereocenters. The summed E-state index contributed by atoms with van der Waals surface area (Å²) in [5.74, 6) is -0.131. The van der Waals surface area contributed by atoms with Crippen molar-refractivity contribution in [3.8, 4) is 0 Å². The molecule has 0 saturated heterocycles. The van der Waals surface area contributed by atoms with Gasteiger partial charge in [0.25, 0.3) is 5.91 Å². The minimum atomic E-state index is -0.131. The van der Waals surface area contributed by atoms with E-state index < -0.39 is 0 Å². The van der Waals surface area contributed by atoms with Crippen LogP contribution in [0.5, 0.6) is 0 Å². The molecular formula is C12H19N3O2. The third kappa shape index (κ3) is 4.40. The predicted octanol–water partition coefficient (Wildman–Crippen LogP) is 1.28. The average Bonchev–Trinajstić information content (AvgIpc) is 2.35. The summed E-state index contributed by atoms with van der Waals surface area (Å²) >= 11 is 0. The molecule has 0 aliphatic rings. The zero-order valence-corrected chi connectivity index (χ0v) is 10.3. The third-order valence-electron chi connectivity index (χ3n) is 2.17. The monoisotopic (exact) mass is 237 g/mol. The normalized spacial score (nSPS) is 10.0. The second kappa shape index (κ2) is 7.62. The molecule has 0 fully saturated rings. The van der Waals surface area contributed by atoms with Gasteiger partial charge < -0.3 is 15.4 Å². The Morgan fingerprint density at radius 3 is 3.00 bits per heavy atom. The van der Waals surface area contributed by atoms with Crippen LogP contribution in [0, 0.1) is 0 Å². The molecule has 0 spiro atoms. The average molecular weight is 237 g/mol. The van der Waals surface area contributed by atoms with Crippen LogP contribution in [-0.4, -0.2) is 37.2 Å². The SMILES string of the molecule is CCNc1ccncc1C(=O)NCCOCC. The fourth-order valence-electron chi connectivity index (χ4n) is 1.40. The molecule has 17 heavy (non-hydrogen) atoms. The van der Waals surface area contributed by atoms with Crippen molar-refractivity contribution in [1.82, 2.24) is 10.3 Å². The van der Waals surface area contributed by atoms with Crippen LogP contribution in [-0.2, 0) is 4.74 Å². The molecule has 94 valence electrons. The summed E-state index contributed by atoms with van der Waals surface area (Å²) in [5, 5.41) is 5.92. The molecule has 0 bridgehead atoms. The van der Waals surface area contributed by atoms with Gasteiger partial charge in [0.15, 0.2) is 0 Å². The van der Waals surface area contributed by atoms with Crippen molar-refractivity contribution >= 4 is 11.6 Å². The fraction of sp³-hybridized carbons (Fsp3) is 0.500. The Hall–Kier alpha value is -1.62. The summed E-state index contributed by atoms with van der Waals surface area (Å²) in [6.07, 6.45) is 3.23. The lowest BCUT2D eigenvalue weighted by atomic mass is 10.2. The second-order valence-electron chi connectivity index (χ2n) is 3.40. The summed E-state index contributed by atoms with van der Waals surface area (Å²) < 4.78 is 5.15. The third-order valence-corrected chi connectivity index (χ3v) is 2.17. The van der Waals surface area contributed by atoms with Gasteiger partial charge in [0.1, 0.15) is 0 Å². The van der Waals surface area contributed by atoms with E-state index in [1.54, 1.807) is 18.5 Å². The second-order valence-corrected chi connectivity index (χ2v) is 3.40. The largest absolute Gasteiger partial charge is 0.385 e. The van der Waals surface area contributed by atoms with Crippen LogP contribution in [0.3, 0.4) is 0 Å². The Morgan fingerprint density at radius 2 is 2.29 bits per heavy atom. The summed E-state index contributed by atoms with van der Waals surface area (Å²) in [6.45, 7) is 6.37. The lowest BCUT2D eigenvalue weighted by molar-refractivity contribution is 0.0923. The lowest BCUT2D eigenvalue weighted by Crippen LogP contribution is -2.28. The maximum atomic E-state index is 11.9. The molecule has 5 nitrogen and oxygen atoms in total. The number of nitrogens with one attached hydrogen (secondary N) is 2. The molecule has 1 aromatic rings. The van der Waals surface area contributed by atoms with E-state index in [1.807, 2.05) is 13.8 Å². The van der Waals surface area contributed by atoms with Crippen LogP contribution in [0.4, 0.5) is 5.69 Å². The Morgan fingerprint density at radius 1 is 1.47 bits per heavy atom. The van der Waals surface area contributed by atoms with Crippen molar-refractivity contribution in [2.75, 3.05) is 31.6 Å². The summed E-state index contributed by atoms with van der Waals surface area (Å²) in [7, 11) is 0. The standard InChI is InChI=1S/C12H19N3O2/c1-3-14-11-5-6-13-9-10(11)12(16)15-7-8-17-4-2/h5-6,9H,3-4,7-8H2,1-2H3,(H,13,14)(H,15,16). The lowest BCUT2D eigenvalue weighted by Gasteiger charge is -2.10. The molecule has 0 saturated carbocycles. The number of ether oxygens (including phenoxy) is 1. The fourth-order valence-corrected chi connectivity index (χ4v) is 1.40. The maximum Gasteiger partial charge on any atom is 0.255 e. The quantitative estimate of drug-likeness (QED) is 0.701. The highest BCUT2D eigenvalue weighted by Crippen LogP contribution is 2.12. The van der Waals surface area contributed by atoms with Gasteiger partial charge in [-0.15, -0.1) is 0 Å². The molecule has 2 N–H and O–H groups in total. The first kappa shape index (κ1) is 13.4. The van der Waals surface area contributed by atoms with Crippen molar-refractivity contribution in [3.05, 3.63) is 24.0 Å². The molecule has 0 aromatic carbocycles. The number of anilines is 1. The van der Waals surface area contributed by atoms with E-state index in [9.17, 15) is 4.79 Å². The van der Waals surface area contributed by atoms with E-state index in [-0.39, 0.29) is 5.91 Å². The van der Waals surface area contributed by atoms with E-state index in [0.29, 0.717) is 25.3 Å². The van der Waals surface area contributed by atoms with Crippen molar-refractivity contribution in [1.29, 1.82) is 0 Å². The van der Waals surface area contributed by atoms with E-state index in [1.165, 1.54) is 0 Å². The van der Waals surface area contributed by atoms with Crippen molar-refractivity contribution in [2.45, 2.75) is 13.8 Å². The Bertz CT molecular complexity index is 355. The number of carbonyl (C=O) groups excluding carboxylic acids is 1. The van der Waals surface area contributed by atoms with Crippen LogP contribution in [0.25, 0.3) is 0 Å². The number of hydrogen-bond acceptors (Lipinski definition) is 4. The smallest absolute Gasteiger partial charge is 0.255 e. The zero-order chi connectivity index (χ0) is 12.5.